The zero-order chi connectivity index (χ0) is 18.6. The van der Waals surface area contributed by atoms with Crippen LogP contribution in [0.5, 0.6) is 0 Å². The zero-order valence-electron chi connectivity index (χ0n) is 15.9. The lowest BCUT2D eigenvalue weighted by Crippen LogP contribution is -2.41. The van der Waals surface area contributed by atoms with Crippen LogP contribution in [0.25, 0.3) is 0 Å². The Labute approximate surface area is 148 Å². The molecule has 0 radical (unpaired) electrons. The van der Waals surface area contributed by atoms with Gasteiger partial charge >= 0.3 is 7.25 Å². The Morgan fingerprint density at radius 1 is 1.16 bits per heavy atom. The molecule has 1 aliphatic rings. The van der Waals surface area contributed by atoms with Gasteiger partial charge in [0.05, 0.1) is 11.2 Å². The lowest BCUT2D eigenvalue weighted by Gasteiger charge is -2.32. The minimum atomic E-state index is -0.760. The maximum Gasteiger partial charge on any atom is 0.601 e. The van der Waals surface area contributed by atoms with Gasteiger partial charge in [-0.05, 0) is 59.4 Å². The molecule has 1 fully saturated rings. The average Bonchev–Trinajstić information content (AvgIpc) is 2.91. The molecule has 25 heavy (non-hydrogen) atoms. The van der Waals surface area contributed by atoms with Crippen molar-refractivity contribution in [2.75, 3.05) is 5.32 Å². The summed E-state index contributed by atoms with van der Waals surface area (Å²) in [6.07, 6.45) is 1.70. The largest absolute Gasteiger partial charge is 0.601 e. The first kappa shape index (κ1) is 17.8. The van der Waals surface area contributed by atoms with Crippen LogP contribution in [0, 0.1) is 13.8 Å². The summed E-state index contributed by atoms with van der Waals surface area (Å²) in [5.41, 5.74) is 1.09. The standard InChI is InChI=1S/C17H25BN4O3/c1-11-8-9-22(18-24-16(3,4)17(5,6)25-18)15(23)14(11)19-13-10-12(2)21(7)20-13/h8-10H,1-7H3,(H,19,20). The van der Waals surface area contributed by atoms with Crippen LogP contribution in [-0.2, 0) is 16.4 Å². The van der Waals surface area contributed by atoms with E-state index in [0.717, 1.165) is 11.3 Å². The van der Waals surface area contributed by atoms with Crippen molar-refractivity contribution in [3.63, 3.8) is 0 Å². The van der Waals surface area contributed by atoms with E-state index in [-0.39, 0.29) is 5.56 Å². The first-order valence-corrected chi connectivity index (χ1v) is 8.37. The predicted molar refractivity (Wildman–Crippen MR) is 98.1 cm³/mol. The van der Waals surface area contributed by atoms with Crippen molar-refractivity contribution in [2.24, 2.45) is 7.05 Å². The smallest absolute Gasteiger partial charge is 0.384 e. The highest BCUT2D eigenvalue weighted by molar-refractivity contribution is 6.43. The molecule has 1 aliphatic heterocycles. The molecule has 7 nitrogen and oxygen atoms in total. The SMILES string of the molecule is Cc1ccn(B2OC(C)(C)C(C)(C)O2)c(=O)c1Nc1cc(C)n(C)n1. The third-order valence-electron chi connectivity index (χ3n) is 5.16. The normalized spacial score (nSPS) is 18.6. The summed E-state index contributed by atoms with van der Waals surface area (Å²) in [5.74, 6) is 0.631. The van der Waals surface area contributed by atoms with E-state index in [9.17, 15) is 4.79 Å². The molecule has 0 bridgehead atoms. The Kier molecular flexibility index (Phi) is 4.08. The number of pyridine rings is 1. The molecule has 0 amide bonds. The number of aromatic nitrogens is 3. The predicted octanol–water partition coefficient (Wildman–Crippen LogP) is 2.38. The fraction of sp³-hybridized carbons (Fsp3) is 0.529. The van der Waals surface area contributed by atoms with E-state index in [1.54, 1.807) is 10.9 Å². The molecule has 0 aliphatic carbocycles. The van der Waals surface area contributed by atoms with Gasteiger partial charge in [-0.2, -0.15) is 5.10 Å². The summed E-state index contributed by atoms with van der Waals surface area (Å²) >= 11 is 0. The number of aryl methyl sites for hydroxylation is 3. The number of hydrogen-bond acceptors (Lipinski definition) is 5. The van der Waals surface area contributed by atoms with Crippen molar-refractivity contribution in [3.05, 3.63) is 39.9 Å². The molecule has 0 spiro atoms. The van der Waals surface area contributed by atoms with E-state index in [4.69, 9.17) is 9.31 Å². The molecular weight excluding hydrogens is 319 g/mol. The van der Waals surface area contributed by atoms with Gasteiger partial charge in [-0.15, -0.1) is 0 Å². The molecule has 8 heteroatoms. The second-order valence-electron chi connectivity index (χ2n) is 7.57. The summed E-state index contributed by atoms with van der Waals surface area (Å²) in [7, 11) is 1.10. The van der Waals surface area contributed by atoms with Gasteiger partial charge in [0.25, 0.3) is 5.56 Å². The van der Waals surface area contributed by atoms with Gasteiger partial charge < -0.3 is 19.1 Å². The fourth-order valence-corrected chi connectivity index (χ4v) is 2.63. The molecule has 3 rings (SSSR count). The number of nitrogens with zero attached hydrogens (tertiary/aromatic N) is 3. The van der Waals surface area contributed by atoms with Gasteiger partial charge in [0.15, 0.2) is 5.82 Å². The van der Waals surface area contributed by atoms with Crippen molar-refractivity contribution < 1.29 is 9.31 Å². The van der Waals surface area contributed by atoms with Crippen LogP contribution < -0.4 is 10.9 Å². The van der Waals surface area contributed by atoms with Crippen molar-refractivity contribution in [3.8, 4) is 0 Å². The van der Waals surface area contributed by atoms with Crippen molar-refractivity contribution in [2.45, 2.75) is 52.7 Å². The molecular formula is C17H25BN4O3. The van der Waals surface area contributed by atoms with Gasteiger partial charge in [0.2, 0.25) is 0 Å². The van der Waals surface area contributed by atoms with Crippen LogP contribution in [0.3, 0.4) is 0 Å². The number of rotatable bonds is 3. The van der Waals surface area contributed by atoms with Crippen LogP contribution in [0.2, 0.25) is 0 Å². The van der Waals surface area contributed by atoms with E-state index >= 15 is 0 Å². The number of anilines is 2. The quantitative estimate of drug-likeness (QED) is 0.866. The van der Waals surface area contributed by atoms with Gasteiger partial charge in [-0.3, -0.25) is 9.48 Å². The number of hydrogen-bond donors (Lipinski definition) is 1. The second-order valence-corrected chi connectivity index (χ2v) is 7.57. The lowest BCUT2D eigenvalue weighted by atomic mass is 9.90. The molecule has 134 valence electrons. The Morgan fingerprint density at radius 2 is 1.76 bits per heavy atom. The van der Waals surface area contributed by atoms with Crippen LogP contribution in [0.1, 0.15) is 39.0 Å². The summed E-state index contributed by atoms with van der Waals surface area (Å²) in [6.45, 7) is 11.7. The van der Waals surface area contributed by atoms with Crippen LogP contribution >= 0.6 is 0 Å². The maximum atomic E-state index is 13.0. The van der Waals surface area contributed by atoms with Crippen molar-refractivity contribution in [1.82, 2.24) is 14.3 Å². The highest BCUT2D eigenvalue weighted by Gasteiger charge is 2.53. The monoisotopic (exact) mass is 344 g/mol. The van der Waals surface area contributed by atoms with Crippen LogP contribution in [0.4, 0.5) is 11.5 Å². The first-order chi connectivity index (χ1) is 11.5. The molecule has 0 aromatic carbocycles. The molecule has 2 aromatic rings. The van der Waals surface area contributed by atoms with Gasteiger partial charge in [0, 0.05) is 18.8 Å². The van der Waals surface area contributed by atoms with E-state index in [2.05, 4.69) is 10.4 Å². The van der Waals surface area contributed by atoms with Crippen LogP contribution in [0.15, 0.2) is 23.1 Å². The summed E-state index contributed by atoms with van der Waals surface area (Å²) in [4.78, 5) is 13.0. The lowest BCUT2D eigenvalue weighted by molar-refractivity contribution is 0.00578. The first-order valence-electron chi connectivity index (χ1n) is 8.37. The van der Waals surface area contributed by atoms with E-state index in [1.165, 1.54) is 4.48 Å². The topological polar surface area (TPSA) is 70.3 Å². The number of nitrogens with one attached hydrogen (secondary N) is 1. The average molecular weight is 344 g/mol. The van der Waals surface area contributed by atoms with Gasteiger partial charge in [-0.1, -0.05) is 0 Å². The van der Waals surface area contributed by atoms with Gasteiger partial charge in [-0.25, -0.2) is 0 Å². The fourth-order valence-electron chi connectivity index (χ4n) is 2.63. The highest BCUT2D eigenvalue weighted by atomic mass is 16.7. The highest BCUT2D eigenvalue weighted by Crippen LogP contribution is 2.36. The van der Waals surface area contributed by atoms with Crippen molar-refractivity contribution in [1.29, 1.82) is 0 Å². The Hall–Kier alpha value is -2.06. The third kappa shape index (κ3) is 3.00. The van der Waals surface area contributed by atoms with E-state index in [1.807, 2.05) is 60.7 Å². The third-order valence-corrected chi connectivity index (χ3v) is 5.16. The summed E-state index contributed by atoms with van der Waals surface area (Å²) in [5, 5.41) is 7.49. The molecule has 1 N–H and O–H groups in total. The Morgan fingerprint density at radius 3 is 2.28 bits per heavy atom. The zero-order valence-corrected chi connectivity index (χ0v) is 15.9. The van der Waals surface area contributed by atoms with E-state index in [0.29, 0.717) is 11.5 Å². The minimum Gasteiger partial charge on any atom is -0.384 e. The molecule has 0 unspecified atom stereocenters. The van der Waals surface area contributed by atoms with Crippen molar-refractivity contribution >= 4 is 18.8 Å². The minimum absolute atomic E-state index is 0.207. The molecule has 3 heterocycles. The molecule has 2 aromatic heterocycles. The van der Waals surface area contributed by atoms with E-state index < -0.39 is 18.5 Å². The second kappa shape index (κ2) is 5.74. The Balaban J connectivity index is 1.97. The maximum absolute atomic E-state index is 13.0. The molecule has 0 saturated carbocycles. The van der Waals surface area contributed by atoms with Gasteiger partial charge in [0.1, 0.15) is 5.69 Å². The summed E-state index contributed by atoms with van der Waals surface area (Å²) < 4.78 is 15.2. The van der Waals surface area contributed by atoms with Crippen LogP contribution in [-0.4, -0.2) is 32.7 Å². The summed E-state index contributed by atoms with van der Waals surface area (Å²) in [6, 6.07) is 3.76. The molecule has 1 saturated heterocycles. The Bertz CT molecular complexity index is 834. The molecule has 0 atom stereocenters.